The predicted octanol–water partition coefficient (Wildman–Crippen LogP) is 4.45. The molecule has 146 valence electrons. The van der Waals surface area contributed by atoms with E-state index in [0.717, 1.165) is 27.0 Å². The van der Waals surface area contributed by atoms with Crippen molar-refractivity contribution in [1.82, 2.24) is 4.98 Å². The number of rotatable bonds is 6. The van der Waals surface area contributed by atoms with Gasteiger partial charge in [0.15, 0.2) is 5.13 Å². The third kappa shape index (κ3) is 4.48. The second-order valence-corrected chi connectivity index (χ2v) is 7.71. The fourth-order valence-corrected chi connectivity index (χ4v) is 4.01. The Balaban J connectivity index is 1.75. The van der Waals surface area contributed by atoms with Gasteiger partial charge in [0, 0.05) is 17.8 Å². The summed E-state index contributed by atoms with van der Waals surface area (Å²) < 4.78 is 5.53. The van der Waals surface area contributed by atoms with Gasteiger partial charge in [-0.15, -0.1) is 0 Å². The molecular formula is C21H23N3O3S. The van der Waals surface area contributed by atoms with Crippen molar-refractivity contribution in [2.45, 2.75) is 27.2 Å². The van der Waals surface area contributed by atoms with Gasteiger partial charge in [-0.05, 0) is 50.1 Å². The Kier molecular flexibility index (Phi) is 5.94. The van der Waals surface area contributed by atoms with Gasteiger partial charge in [0.2, 0.25) is 0 Å². The van der Waals surface area contributed by atoms with Gasteiger partial charge in [-0.25, -0.2) is 4.98 Å². The van der Waals surface area contributed by atoms with Crippen LogP contribution in [-0.4, -0.2) is 30.5 Å². The lowest BCUT2D eigenvalue weighted by Crippen LogP contribution is -2.13. The Hall–Kier alpha value is -2.93. The molecule has 0 spiro atoms. The molecule has 0 aliphatic rings. The van der Waals surface area contributed by atoms with Gasteiger partial charge in [-0.3, -0.25) is 9.59 Å². The highest BCUT2D eigenvalue weighted by molar-refractivity contribution is 7.22. The lowest BCUT2D eigenvalue weighted by atomic mass is 10.0. The summed E-state index contributed by atoms with van der Waals surface area (Å²) in [6.45, 7) is 6.48. The lowest BCUT2D eigenvalue weighted by Gasteiger charge is -2.12. The van der Waals surface area contributed by atoms with E-state index >= 15 is 0 Å². The molecule has 6 nitrogen and oxygen atoms in total. The molecule has 2 N–H and O–H groups in total. The number of anilines is 2. The van der Waals surface area contributed by atoms with Crippen molar-refractivity contribution < 1.29 is 14.3 Å². The van der Waals surface area contributed by atoms with Crippen LogP contribution in [0.2, 0.25) is 0 Å². The quantitative estimate of drug-likeness (QED) is 0.601. The van der Waals surface area contributed by atoms with Crippen LogP contribution in [0.3, 0.4) is 0 Å². The molecule has 0 bridgehead atoms. The van der Waals surface area contributed by atoms with E-state index in [1.807, 2.05) is 32.9 Å². The molecular weight excluding hydrogens is 374 g/mol. The second kappa shape index (κ2) is 8.39. The van der Waals surface area contributed by atoms with Crippen molar-refractivity contribution in [3.8, 4) is 0 Å². The zero-order valence-corrected chi connectivity index (χ0v) is 17.2. The first-order valence-corrected chi connectivity index (χ1v) is 9.79. The van der Waals surface area contributed by atoms with Crippen molar-refractivity contribution in [3.05, 3.63) is 52.6 Å². The van der Waals surface area contributed by atoms with Crippen LogP contribution in [0.4, 0.5) is 10.8 Å². The fourth-order valence-electron chi connectivity index (χ4n) is 3.08. The zero-order valence-electron chi connectivity index (χ0n) is 16.4. The average Bonchev–Trinajstić information content (AvgIpc) is 3.06. The molecule has 0 atom stereocenters. The molecule has 0 saturated heterocycles. The molecule has 7 heteroatoms. The van der Waals surface area contributed by atoms with E-state index in [2.05, 4.69) is 32.5 Å². The van der Waals surface area contributed by atoms with Crippen molar-refractivity contribution in [3.63, 3.8) is 0 Å². The van der Waals surface area contributed by atoms with E-state index in [4.69, 9.17) is 0 Å². The Morgan fingerprint density at radius 2 is 1.82 bits per heavy atom. The second-order valence-electron chi connectivity index (χ2n) is 6.68. The van der Waals surface area contributed by atoms with Crippen LogP contribution in [0.1, 0.15) is 33.5 Å². The van der Waals surface area contributed by atoms with Crippen molar-refractivity contribution in [2.24, 2.45) is 0 Å². The summed E-state index contributed by atoms with van der Waals surface area (Å²) >= 11 is 1.45. The average molecular weight is 398 g/mol. The standard InChI is InChI=1S/C21H23N3O3S/c1-12-9-13(2)19(14(3)10-12)24-20(26)15-5-6-16-17(11-15)28-21(23-16)22-8-7-18(25)27-4/h5-6,9-11H,7-8H2,1-4H3,(H,22,23)(H,24,26). The number of nitrogens with zero attached hydrogens (tertiary/aromatic N) is 1. The largest absolute Gasteiger partial charge is 0.469 e. The highest BCUT2D eigenvalue weighted by atomic mass is 32.1. The molecule has 3 rings (SSSR count). The molecule has 0 aliphatic carbocycles. The van der Waals surface area contributed by atoms with Crippen LogP contribution in [0.15, 0.2) is 30.3 Å². The van der Waals surface area contributed by atoms with Crippen LogP contribution in [0, 0.1) is 20.8 Å². The van der Waals surface area contributed by atoms with Gasteiger partial charge in [0.25, 0.3) is 5.91 Å². The number of hydrogen-bond donors (Lipinski definition) is 2. The van der Waals surface area contributed by atoms with Gasteiger partial charge in [0.1, 0.15) is 0 Å². The minimum atomic E-state index is -0.269. The molecule has 3 aromatic rings. The lowest BCUT2D eigenvalue weighted by molar-refractivity contribution is -0.140. The van der Waals surface area contributed by atoms with E-state index in [9.17, 15) is 9.59 Å². The van der Waals surface area contributed by atoms with Crippen LogP contribution >= 0.6 is 11.3 Å². The number of hydrogen-bond acceptors (Lipinski definition) is 6. The molecule has 0 saturated carbocycles. The Bertz CT molecular complexity index is 1020. The number of aromatic nitrogens is 1. The summed E-state index contributed by atoms with van der Waals surface area (Å²) in [5.41, 5.74) is 5.50. The monoisotopic (exact) mass is 397 g/mol. The number of ether oxygens (including phenoxy) is 1. The van der Waals surface area contributed by atoms with Crippen molar-refractivity contribution in [2.75, 3.05) is 24.3 Å². The van der Waals surface area contributed by atoms with E-state index in [1.54, 1.807) is 6.07 Å². The number of carbonyl (C=O) groups excluding carboxylic acids is 2. The minimum absolute atomic E-state index is 0.148. The number of fused-ring (bicyclic) bond motifs is 1. The van der Waals surface area contributed by atoms with Crippen molar-refractivity contribution >= 4 is 44.2 Å². The van der Waals surface area contributed by atoms with Gasteiger partial charge in [-0.1, -0.05) is 29.0 Å². The highest BCUT2D eigenvalue weighted by Gasteiger charge is 2.13. The first kappa shape index (κ1) is 19.8. The molecule has 0 unspecified atom stereocenters. The maximum absolute atomic E-state index is 12.7. The van der Waals surface area contributed by atoms with Crippen LogP contribution in [0.5, 0.6) is 0 Å². The van der Waals surface area contributed by atoms with E-state index in [0.29, 0.717) is 17.2 Å². The molecule has 0 radical (unpaired) electrons. The van der Waals surface area contributed by atoms with Gasteiger partial charge < -0.3 is 15.4 Å². The number of aryl methyl sites for hydroxylation is 3. The third-order valence-electron chi connectivity index (χ3n) is 4.40. The summed E-state index contributed by atoms with van der Waals surface area (Å²) in [4.78, 5) is 28.4. The molecule has 28 heavy (non-hydrogen) atoms. The number of nitrogens with one attached hydrogen (secondary N) is 2. The van der Waals surface area contributed by atoms with Gasteiger partial charge in [0.05, 0.1) is 23.7 Å². The van der Waals surface area contributed by atoms with E-state index in [-0.39, 0.29) is 18.3 Å². The Morgan fingerprint density at radius 1 is 1.11 bits per heavy atom. The maximum atomic E-state index is 12.7. The SMILES string of the molecule is COC(=O)CCNc1nc2ccc(C(=O)Nc3c(C)cc(C)cc3C)cc2s1. The van der Waals surface area contributed by atoms with Crippen LogP contribution < -0.4 is 10.6 Å². The number of carbonyl (C=O) groups is 2. The van der Waals surface area contributed by atoms with E-state index < -0.39 is 0 Å². The number of methoxy groups -OCH3 is 1. The van der Waals surface area contributed by atoms with Gasteiger partial charge in [-0.2, -0.15) is 0 Å². The first-order chi connectivity index (χ1) is 13.4. The number of benzene rings is 2. The summed E-state index contributed by atoms with van der Waals surface area (Å²) in [6, 6.07) is 9.56. The minimum Gasteiger partial charge on any atom is -0.469 e. The predicted molar refractivity (Wildman–Crippen MR) is 113 cm³/mol. The number of thiazole rings is 1. The van der Waals surface area contributed by atoms with E-state index in [1.165, 1.54) is 24.0 Å². The molecule has 0 aliphatic heterocycles. The van der Waals surface area contributed by atoms with Crippen LogP contribution in [0.25, 0.3) is 10.2 Å². The topological polar surface area (TPSA) is 80.3 Å². The third-order valence-corrected chi connectivity index (χ3v) is 5.38. The normalized spacial score (nSPS) is 10.7. The fraction of sp³-hybridized carbons (Fsp3) is 0.286. The Labute approximate surface area is 167 Å². The smallest absolute Gasteiger partial charge is 0.307 e. The Morgan fingerprint density at radius 3 is 2.50 bits per heavy atom. The first-order valence-electron chi connectivity index (χ1n) is 8.98. The summed E-state index contributed by atoms with van der Waals surface area (Å²) in [5.74, 6) is -0.417. The van der Waals surface area contributed by atoms with Gasteiger partial charge >= 0.3 is 5.97 Å². The molecule has 1 amide bonds. The zero-order chi connectivity index (χ0) is 20.3. The number of esters is 1. The molecule has 0 fully saturated rings. The summed E-state index contributed by atoms with van der Waals surface area (Å²) in [7, 11) is 1.37. The van der Waals surface area contributed by atoms with Crippen molar-refractivity contribution in [1.29, 1.82) is 0 Å². The summed E-state index contributed by atoms with van der Waals surface area (Å²) in [6.07, 6.45) is 0.273. The molecule has 1 aromatic heterocycles. The number of amides is 1. The molecule has 1 heterocycles. The highest BCUT2D eigenvalue weighted by Crippen LogP contribution is 2.28. The maximum Gasteiger partial charge on any atom is 0.307 e. The molecule has 2 aromatic carbocycles. The summed E-state index contributed by atoms with van der Waals surface area (Å²) in [5, 5.41) is 6.85. The van der Waals surface area contributed by atoms with Crippen LogP contribution in [-0.2, 0) is 9.53 Å².